The molecule has 4 heteroatoms. The molecule has 1 unspecified atom stereocenters. The molecule has 2 nitrogen and oxygen atoms in total. The van der Waals surface area contributed by atoms with Gasteiger partial charge in [-0.2, -0.15) is 0 Å². The SMILES string of the molecule is NCC1(C(O)c2ccc(F)c(F)c2)CCCC1. The Morgan fingerprint density at radius 2 is 1.88 bits per heavy atom. The molecule has 1 aromatic carbocycles. The first-order valence-corrected chi connectivity index (χ1v) is 5.92. The Kier molecular flexibility index (Phi) is 3.45. The van der Waals surface area contributed by atoms with Gasteiger partial charge in [0.1, 0.15) is 0 Å². The van der Waals surface area contributed by atoms with E-state index < -0.39 is 17.7 Å². The van der Waals surface area contributed by atoms with Gasteiger partial charge in [-0.3, -0.25) is 0 Å². The third-order valence-corrected chi connectivity index (χ3v) is 3.85. The first-order chi connectivity index (χ1) is 8.09. The van der Waals surface area contributed by atoms with Gasteiger partial charge in [-0.15, -0.1) is 0 Å². The van der Waals surface area contributed by atoms with E-state index in [1.54, 1.807) is 0 Å². The van der Waals surface area contributed by atoms with E-state index in [4.69, 9.17) is 5.73 Å². The number of hydrogen-bond donors (Lipinski definition) is 2. The maximum Gasteiger partial charge on any atom is 0.159 e. The van der Waals surface area contributed by atoms with Crippen molar-refractivity contribution in [1.82, 2.24) is 0 Å². The van der Waals surface area contributed by atoms with E-state index in [0.29, 0.717) is 12.1 Å². The van der Waals surface area contributed by atoms with Crippen LogP contribution in [0.3, 0.4) is 0 Å². The lowest BCUT2D eigenvalue weighted by atomic mass is 9.77. The van der Waals surface area contributed by atoms with Crippen LogP contribution >= 0.6 is 0 Å². The van der Waals surface area contributed by atoms with Gasteiger partial charge in [-0.1, -0.05) is 18.9 Å². The highest BCUT2D eigenvalue weighted by Gasteiger charge is 2.40. The molecule has 0 amide bonds. The van der Waals surface area contributed by atoms with Crippen LogP contribution in [0.2, 0.25) is 0 Å². The van der Waals surface area contributed by atoms with Gasteiger partial charge in [0.05, 0.1) is 6.10 Å². The average molecular weight is 241 g/mol. The number of hydrogen-bond acceptors (Lipinski definition) is 2. The van der Waals surface area contributed by atoms with Crippen molar-refractivity contribution < 1.29 is 13.9 Å². The summed E-state index contributed by atoms with van der Waals surface area (Å²) in [5.41, 5.74) is 5.79. The van der Waals surface area contributed by atoms with Crippen molar-refractivity contribution >= 4 is 0 Å². The van der Waals surface area contributed by atoms with Crippen LogP contribution in [0.4, 0.5) is 8.78 Å². The summed E-state index contributed by atoms with van der Waals surface area (Å²) < 4.78 is 26.0. The molecule has 0 bridgehead atoms. The van der Waals surface area contributed by atoms with Gasteiger partial charge >= 0.3 is 0 Å². The molecule has 1 saturated carbocycles. The topological polar surface area (TPSA) is 46.2 Å². The highest BCUT2D eigenvalue weighted by molar-refractivity contribution is 5.22. The van der Waals surface area contributed by atoms with E-state index in [9.17, 15) is 13.9 Å². The number of aliphatic hydroxyl groups is 1. The lowest BCUT2D eigenvalue weighted by Crippen LogP contribution is -2.34. The molecule has 1 fully saturated rings. The molecule has 0 spiro atoms. The molecule has 94 valence electrons. The van der Waals surface area contributed by atoms with Gasteiger partial charge in [0, 0.05) is 12.0 Å². The third-order valence-electron chi connectivity index (χ3n) is 3.85. The molecule has 1 aliphatic rings. The van der Waals surface area contributed by atoms with E-state index >= 15 is 0 Å². The molecule has 0 aliphatic heterocycles. The van der Waals surface area contributed by atoms with Gasteiger partial charge in [0.2, 0.25) is 0 Å². The predicted octanol–water partition coefficient (Wildman–Crippen LogP) is 2.52. The minimum Gasteiger partial charge on any atom is -0.388 e. The minimum absolute atomic E-state index is 0.368. The standard InChI is InChI=1S/C13H17F2NO/c14-10-4-3-9(7-11(10)15)12(17)13(8-16)5-1-2-6-13/h3-4,7,12,17H,1-2,5-6,8,16H2. The molecule has 0 heterocycles. The van der Waals surface area contributed by atoms with Crippen molar-refractivity contribution in [2.75, 3.05) is 6.54 Å². The van der Waals surface area contributed by atoms with Crippen molar-refractivity contribution in [3.8, 4) is 0 Å². The Balaban J connectivity index is 2.29. The lowest BCUT2D eigenvalue weighted by molar-refractivity contribution is 0.0330. The summed E-state index contributed by atoms with van der Waals surface area (Å²) in [6.45, 7) is 0.368. The molecule has 0 radical (unpaired) electrons. The number of aliphatic hydroxyl groups excluding tert-OH is 1. The van der Waals surface area contributed by atoms with Crippen LogP contribution in [0.25, 0.3) is 0 Å². The van der Waals surface area contributed by atoms with Crippen molar-refractivity contribution in [3.05, 3.63) is 35.4 Å². The summed E-state index contributed by atoms with van der Waals surface area (Å²) >= 11 is 0. The van der Waals surface area contributed by atoms with E-state index in [0.717, 1.165) is 37.8 Å². The quantitative estimate of drug-likeness (QED) is 0.854. The molecule has 1 aromatic rings. The van der Waals surface area contributed by atoms with Crippen LogP contribution in [0, 0.1) is 17.0 Å². The first-order valence-electron chi connectivity index (χ1n) is 5.92. The number of rotatable bonds is 3. The molecule has 3 N–H and O–H groups in total. The number of halogens is 2. The van der Waals surface area contributed by atoms with Gasteiger partial charge in [-0.05, 0) is 30.5 Å². The van der Waals surface area contributed by atoms with Crippen LogP contribution in [0.15, 0.2) is 18.2 Å². The van der Waals surface area contributed by atoms with Crippen molar-refractivity contribution in [3.63, 3.8) is 0 Å². The Morgan fingerprint density at radius 3 is 2.41 bits per heavy atom. The van der Waals surface area contributed by atoms with Gasteiger partial charge in [0.15, 0.2) is 11.6 Å². The average Bonchev–Trinajstić information content (AvgIpc) is 2.81. The van der Waals surface area contributed by atoms with Crippen LogP contribution < -0.4 is 5.73 Å². The largest absolute Gasteiger partial charge is 0.388 e. The third kappa shape index (κ3) is 2.19. The smallest absolute Gasteiger partial charge is 0.159 e. The molecule has 1 atom stereocenters. The molecule has 17 heavy (non-hydrogen) atoms. The van der Waals surface area contributed by atoms with Crippen molar-refractivity contribution in [2.24, 2.45) is 11.1 Å². The predicted molar refractivity (Wildman–Crippen MR) is 61.3 cm³/mol. The zero-order chi connectivity index (χ0) is 12.5. The molecule has 0 saturated heterocycles. The highest BCUT2D eigenvalue weighted by Crippen LogP contribution is 2.46. The van der Waals surface area contributed by atoms with Crippen LogP contribution in [-0.4, -0.2) is 11.7 Å². The summed E-state index contributed by atoms with van der Waals surface area (Å²) in [5.74, 6) is -1.82. The fraction of sp³-hybridized carbons (Fsp3) is 0.538. The molecule has 1 aliphatic carbocycles. The lowest BCUT2D eigenvalue weighted by Gasteiger charge is -2.33. The fourth-order valence-electron chi connectivity index (χ4n) is 2.70. The van der Waals surface area contributed by atoms with Gasteiger partial charge in [-0.25, -0.2) is 8.78 Å². The normalized spacial score (nSPS) is 20.5. The Morgan fingerprint density at radius 1 is 1.24 bits per heavy atom. The molecular formula is C13H17F2NO. The van der Waals surface area contributed by atoms with Crippen LogP contribution in [-0.2, 0) is 0 Å². The van der Waals surface area contributed by atoms with E-state index in [-0.39, 0.29) is 5.41 Å². The van der Waals surface area contributed by atoms with E-state index in [1.165, 1.54) is 6.07 Å². The van der Waals surface area contributed by atoms with E-state index in [2.05, 4.69) is 0 Å². The number of nitrogens with two attached hydrogens (primary N) is 1. The summed E-state index contributed by atoms with van der Waals surface area (Å²) in [4.78, 5) is 0. The maximum atomic E-state index is 13.1. The molecule has 0 aromatic heterocycles. The summed E-state index contributed by atoms with van der Waals surface area (Å²) in [6.07, 6.45) is 2.91. The minimum atomic E-state index is -0.924. The van der Waals surface area contributed by atoms with Crippen molar-refractivity contribution in [1.29, 1.82) is 0 Å². The molecular weight excluding hydrogens is 224 g/mol. The summed E-state index contributed by atoms with van der Waals surface area (Å²) in [5, 5.41) is 10.3. The Hall–Kier alpha value is -1.00. The van der Waals surface area contributed by atoms with E-state index in [1.807, 2.05) is 0 Å². The van der Waals surface area contributed by atoms with Crippen LogP contribution in [0.1, 0.15) is 37.4 Å². The summed E-state index contributed by atoms with van der Waals surface area (Å²) in [7, 11) is 0. The zero-order valence-electron chi connectivity index (χ0n) is 9.63. The second-order valence-electron chi connectivity index (χ2n) is 4.85. The second kappa shape index (κ2) is 4.70. The summed E-state index contributed by atoms with van der Waals surface area (Å²) in [6, 6.07) is 3.54. The van der Waals surface area contributed by atoms with Crippen LogP contribution in [0.5, 0.6) is 0 Å². The Bertz CT molecular complexity index is 402. The Labute approximate surface area is 99.4 Å². The first kappa shape index (κ1) is 12.5. The van der Waals surface area contributed by atoms with Gasteiger partial charge < -0.3 is 10.8 Å². The maximum absolute atomic E-state index is 13.1. The molecule has 2 rings (SSSR count). The number of benzene rings is 1. The second-order valence-corrected chi connectivity index (χ2v) is 4.85. The highest BCUT2D eigenvalue weighted by atomic mass is 19.2. The monoisotopic (exact) mass is 241 g/mol. The zero-order valence-corrected chi connectivity index (χ0v) is 9.63. The van der Waals surface area contributed by atoms with Crippen molar-refractivity contribution in [2.45, 2.75) is 31.8 Å². The fourth-order valence-corrected chi connectivity index (χ4v) is 2.70. The van der Waals surface area contributed by atoms with Gasteiger partial charge in [0.25, 0.3) is 0 Å².